The molecule has 140 valence electrons. The van der Waals surface area contributed by atoms with E-state index in [0.717, 1.165) is 23.4 Å². The Balaban J connectivity index is 1.67. The van der Waals surface area contributed by atoms with Crippen molar-refractivity contribution in [3.8, 4) is 22.1 Å². The van der Waals surface area contributed by atoms with Gasteiger partial charge in [-0.3, -0.25) is 0 Å². The van der Waals surface area contributed by atoms with Gasteiger partial charge in [-0.1, -0.05) is 0 Å². The predicted molar refractivity (Wildman–Crippen MR) is 98.5 cm³/mol. The summed E-state index contributed by atoms with van der Waals surface area (Å²) in [6, 6.07) is 5.65. The van der Waals surface area contributed by atoms with Gasteiger partial charge in [-0.15, -0.1) is 11.3 Å². The Morgan fingerprint density at radius 3 is 2.77 bits per heavy atom. The smallest absolute Gasteiger partial charge is 0.338 e. The zero-order valence-corrected chi connectivity index (χ0v) is 15.8. The maximum absolute atomic E-state index is 12.1. The second-order valence-corrected chi connectivity index (χ2v) is 7.12. The van der Waals surface area contributed by atoms with Gasteiger partial charge in [0.25, 0.3) is 0 Å². The van der Waals surface area contributed by atoms with Crippen LogP contribution in [-0.2, 0) is 16.1 Å². The van der Waals surface area contributed by atoms with Crippen LogP contribution in [0, 0.1) is 0 Å². The average Bonchev–Trinajstić information content (AvgIpc) is 3.30. The molecule has 1 fully saturated rings. The van der Waals surface area contributed by atoms with E-state index in [2.05, 4.69) is 4.98 Å². The minimum absolute atomic E-state index is 0.0613. The van der Waals surface area contributed by atoms with E-state index >= 15 is 0 Å². The highest BCUT2D eigenvalue weighted by Gasteiger charge is 2.40. The van der Waals surface area contributed by atoms with Crippen LogP contribution in [-0.4, -0.2) is 35.4 Å². The molecule has 1 saturated carbocycles. The van der Waals surface area contributed by atoms with E-state index in [1.165, 1.54) is 11.3 Å². The zero-order valence-electron chi connectivity index (χ0n) is 15.0. The summed E-state index contributed by atoms with van der Waals surface area (Å²) in [5, 5.41) is 12.9. The van der Waals surface area contributed by atoms with E-state index in [4.69, 9.17) is 14.2 Å². The largest absolute Gasteiger partial charge is 0.493 e. The first-order valence-electron chi connectivity index (χ1n) is 8.71. The molecule has 0 bridgehead atoms. The molecular weight excluding hydrogens is 354 g/mol. The van der Waals surface area contributed by atoms with Gasteiger partial charge >= 0.3 is 5.97 Å². The van der Waals surface area contributed by atoms with E-state index in [0.29, 0.717) is 36.6 Å². The highest BCUT2D eigenvalue weighted by atomic mass is 32.1. The normalized spacial score (nSPS) is 15.7. The molecule has 0 radical (unpaired) electrons. The monoisotopic (exact) mass is 377 g/mol. The predicted octanol–water partition coefficient (Wildman–Crippen LogP) is 3.57. The summed E-state index contributed by atoms with van der Waals surface area (Å²) in [4.78, 5) is 16.6. The molecule has 0 aliphatic heterocycles. The fraction of sp³-hybridized carbons (Fsp3) is 0.474. The molecule has 0 spiro atoms. The van der Waals surface area contributed by atoms with Crippen molar-refractivity contribution in [2.45, 2.75) is 44.8 Å². The summed E-state index contributed by atoms with van der Waals surface area (Å²) < 4.78 is 16.2. The lowest BCUT2D eigenvalue weighted by Crippen LogP contribution is -2.36. The van der Waals surface area contributed by atoms with Gasteiger partial charge in [-0.25, -0.2) is 9.78 Å². The SMILES string of the molecule is CCOc1ccc(-c2nc(COC(=O)C3(O)CCCC3)cs2)cc1OC. The van der Waals surface area contributed by atoms with Crippen LogP contribution in [0.25, 0.3) is 10.6 Å². The summed E-state index contributed by atoms with van der Waals surface area (Å²) in [6.45, 7) is 2.55. The maximum Gasteiger partial charge on any atom is 0.338 e. The van der Waals surface area contributed by atoms with Gasteiger partial charge < -0.3 is 19.3 Å². The second-order valence-electron chi connectivity index (χ2n) is 6.26. The third-order valence-electron chi connectivity index (χ3n) is 4.42. The van der Waals surface area contributed by atoms with Gasteiger partial charge in [0.2, 0.25) is 0 Å². The van der Waals surface area contributed by atoms with Crippen molar-refractivity contribution < 1.29 is 24.1 Å². The Bertz CT molecular complexity index is 767. The molecule has 1 N–H and O–H groups in total. The van der Waals surface area contributed by atoms with Crippen LogP contribution in [0.1, 0.15) is 38.3 Å². The van der Waals surface area contributed by atoms with Crippen LogP contribution < -0.4 is 9.47 Å². The van der Waals surface area contributed by atoms with E-state index < -0.39 is 11.6 Å². The highest BCUT2D eigenvalue weighted by molar-refractivity contribution is 7.13. The number of methoxy groups -OCH3 is 1. The number of aliphatic hydroxyl groups is 1. The Kier molecular flexibility index (Phi) is 5.78. The summed E-state index contributed by atoms with van der Waals surface area (Å²) in [5.74, 6) is 0.789. The zero-order chi connectivity index (χ0) is 18.6. The number of benzene rings is 1. The molecule has 3 rings (SSSR count). The molecule has 0 unspecified atom stereocenters. The topological polar surface area (TPSA) is 77.9 Å². The number of nitrogens with zero attached hydrogens (tertiary/aromatic N) is 1. The molecule has 0 atom stereocenters. The summed E-state index contributed by atoms with van der Waals surface area (Å²) in [5.41, 5.74) is 0.247. The van der Waals surface area contributed by atoms with Crippen molar-refractivity contribution >= 4 is 17.3 Å². The minimum Gasteiger partial charge on any atom is -0.493 e. The van der Waals surface area contributed by atoms with Crippen LogP contribution >= 0.6 is 11.3 Å². The number of carbonyl (C=O) groups is 1. The first-order chi connectivity index (χ1) is 12.6. The standard InChI is InChI=1S/C19H23NO5S/c1-3-24-15-7-6-13(10-16(15)23-2)17-20-14(12-26-17)11-25-18(21)19(22)8-4-5-9-19/h6-7,10,12,22H,3-5,8-9,11H2,1-2H3. The molecular formula is C19H23NO5S. The molecule has 0 saturated heterocycles. The van der Waals surface area contributed by atoms with Gasteiger partial charge in [0.15, 0.2) is 17.1 Å². The van der Waals surface area contributed by atoms with Crippen LogP contribution in [0.3, 0.4) is 0 Å². The van der Waals surface area contributed by atoms with Gasteiger partial charge in [-0.2, -0.15) is 0 Å². The number of hydrogen-bond donors (Lipinski definition) is 1. The van der Waals surface area contributed by atoms with Gasteiger partial charge in [0.1, 0.15) is 11.6 Å². The van der Waals surface area contributed by atoms with E-state index in [-0.39, 0.29) is 6.61 Å². The lowest BCUT2D eigenvalue weighted by Gasteiger charge is -2.19. The van der Waals surface area contributed by atoms with Crippen LogP contribution in [0.15, 0.2) is 23.6 Å². The summed E-state index contributed by atoms with van der Waals surface area (Å²) in [7, 11) is 1.60. The van der Waals surface area contributed by atoms with Crippen molar-refractivity contribution in [2.24, 2.45) is 0 Å². The lowest BCUT2D eigenvalue weighted by molar-refractivity contribution is -0.166. The minimum atomic E-state index is -1.32. The molecule has 1 aromatic heterocycles. The first kappa shape index (κ1) is 18.7. The number of esters is 1. The number of thiazole rings is 1. The van der Waals surface area contributed by atoms with Crippen molar-refractivity contribution in [1.29, 1.82) is 0 Å². The van der Waals surface area contributed by atoms with Crippen molar-refractivity contribution in [3.05, 3.63) is 29.3 Å². The van der Waals surface area contributed by atoms with Crippen molar-refractivity contribution in [3.63, 3.8) is 0 Å². The van der Waals surface area contributed by atoms with Gasteiger partial charge in [-0.05, 0) is 50.8 Å². The van der Waals surface area contributed by atoms with Crippen LogP contribution in [0.5, 0.6) is 11.5 Å². The molecule has 26 heavy (non-hydrogen) atoms. The Hall–Kier alpha value is -2.12. The fourth-order valence-corrected chi connectivity index (χ4v) is 3.82. The highest BCUT2D eigenvalue weighted by Crippen LogP contribution is 2.34. The number of aromatic nitrogens is 1. The number of rotatable bonds is 7. The molecule has 1 heterocycles. The van der Waals surface area contributed by atoms with E-state index in [1.807, 2.05) is 30.5 Å². The second kappa shape index (κ2) is 8.05. The summed E-state index contributed by atoms with van der Waals surface area (Å²) in [6.07, 6.45) is 2.65. The third kappa shape index (κ3) is 3.99. The van der Waals surface area contributed by atoms with Gasteiger partial charge in [0.05, 0.1) is 19.4 Å². The van der Waals surface area contributed by atoms with E-state index in [9.17, 15) is 9.90 Å². The molecule has 1 aliphatic rings. The first-order valence-corrected chi connectivity index (χ1v) is 9.59. The van der Waals surface area contributed by atoms with Crippen molar-refractivity contribution in [1.82, 2.24) is 4.98 Å². The quantitative estimate of drug-likeness (QED) is 0.744. The Morgan fingerprint density at radius 1 is 1.31 bits per heavy atom. The van der Waals surface area contributed by atoms with Crippen molar-refractivity contribution in [2.75, 3.05) is 13.7 Å². The fourth-order valence-electron chi connectivity index (χ4n) is 3.02. The summed E-state index contributed by atoms with van der Waals surface area (Å²) >= 11 is 1.46. The maximum atomic E-state index is 12.1. The van der Waals surface area contributed by atoms with E-state index in [1.54, 1.807) is 7.11 Å². The molecule has 6 nitrogen and oxygen atoms in total. The third-order valence-corrected chi connectivity index (χ3v) is 5.36. The average molecular weight is 377 g/mol. The number of hydrogen-bond acceptors (Lipinski definition) is 7. The Morgan fingerprint density at radius 2 is 2.08 bits per heavy atom. The molecule has 1 aliphatic carbocycles. The number of ether oxygens (including phenoxy) is 3. The van der Waals surface area contributed by atoms with Crippen LogP contribution in [0.2, 0.25) is 0 Å². The number of carbonyl (C=O) groups excluding carboxylic acids is 1. The molecule has 0 amide bonds. The molecule has 2 aromatic rings. The lowest BCUT2D eigenvalue weighted by atomic mass is 10.0. The Labute approximate surface area is 156 Å². The molecule has 1 aromatic carbocycles. The van der Waals surface area contributed by atoms with Gasteiger partial charge in [0, 0.05) is 10.9 Å². The van der Waals surface area contributed by atoms with Crippen LogP contribution in [0.4, 0.5) is 0 Å². The molecule has 7 heteroatoms.